The number of hydrogen-bond acceptors (Lipinski definition) is 8. The van der Waals surface area contributed by atoms with E-state index in [-0.39, 0.29) is 16.0 Å². The van der Waals surface area contributed by atoms with Gasteiger partial charge in [0, 0.05) is 56.1 Å². The van der Waals surface area contributed by atoms with Crippen LogP contribution >= 0.6 is 0 Å². The molecule has 1 aromatic heterocycles. The number of carbonyl (C=O) groups is 1. The maximum Gasteiger partial charge on any atom is 0.573 e. The molecule has 4 rings (SSSR count). The van der Waals surface area contributed by atoms with Crippen molar-refractivity contribution in [1.29, 1.82) is 5.41 Å². The minimum Gasteiger partial charge on any atom is -0.404 e. The molecule has 0 spiro atoms. The summed E-state index contributed by atoms with van der Waals surface area (Å²) in [6.45, 7) is 1.98. The van der Waals surface area contributed by atoms with Crippen LogP contribution in [0.4, 0.5) is 18.9 Å². The first-order valence-corrected chi connectivity index (χ1v) is 13.2. The van der Waals surface area contributed by atoms with E-state index in [2.05, 4.69) is 14.4 Å². The number of piperazine rings is 1. The zero-order valence-corrected chi connectivity index (χ0v) is 21.3. The average molecular weight is 563 g/mol. The smallest absolute Gasteiger partial charge is 0.404 e. The lowest BCUT2D eigenvalue weighted by molar-refractivity contribution is -0.274. The maximum absolute atomic E-state index is 13.2. The van der Waals surface area contributed by atoms with E-state index in [1.807, 2.05) is 4.90 Å². The topological polar surface area (TPSA) is 142 Å². The van der Waals surface area contributed by atoms with Gasteiger partial charge in [-0.25, -0.2) is 8.42 Å². The SMILES string of the molecule is N=CC(=CN)CN1CCN(C(=O)c2ccc(NS(=O)(=O)c3cccc4cccnc34)c(OC(F)(F)F)c2)CC1. The van der Waals surface area contributed by atoms with Crippen molar-refractivity contribution in [3.63, 3.8) is 0 Å². The summed E-state index contributed by atoms with van der Waals surface area (Å²) < 4.78 is 72.3. The Morgan fingerprint density at radius 3 is 2.51 bits per heavy atom. The van der Waals surface area contributed by atoms with Gasteiger partial charge in [-0.05, 0) is 42.1 Å². The fourth-order valence-corrected chi connectivity index (χ4v) is 5.39. The number of nitrogens with zero attached hydrogens (tertiary/aromatic N) is 3. The molecule has 0 bridgehead atoms. The molecule has 0 radical (unpaired) electrons. The normalized spacial score (nSPS) is 15.3. The predicted octanol–water partition coefficient (Wildman–Crippen LogP) is 3.18. The van der Waals surface area contributed by atoms with Crippen molar-refractivity contribution in [2.45, 2.75) is 11.3 Å². The lowest BCUT2D eigenvalue weighted by Gasteiger charge is -2.35. The molecule has 2 heterocycles. The molecule has 206 valence electrons. The van der Waals surface area contributed by atoms with E-state index in [4.69, 9.17) is 11.1 Å². The minimum atomic E-state index is -5.14. The van der Waals surface area contributed by atoms with Gasteiger partial charge in [-0.2, -0.15) is 0 Å². The molecule has 0 atom stereocenters. The fourth-order valence-electron chi connectivity index (χ4n) is 4.14. The van der Waals surface area contributed by atoms with Crippen LogP contribution in [0.3, 0.4) is 0 Å². The molecule has 10 nitrogen and oxygen atoms in total. The molecule has 39 heavy (non-hydrogen) atoms. The number of amides is 1. The number of nitrogens with one attached hydrogen (secondary N) is 2. The van der Waals surface area contributed by atoms with Crippen LogP contribution < -0.4 is 15.2 Å². The Morgan fingerprint density at radius 2 is 1.85 bits per heavy atom. The second kappa shape index (κ2) is 11.3. The van der Waals surface area contributed by atoms with Crippen molar-refractivity contribution >= 4 is 38.7 Å². The Morgan fingerprint density at radius 1 is 1.13 bits per heavy atom. The number of anilines is 1. The van der Waals surface area contributed by atoms with E-state index in [0.717, 1.165) is 18.3 Å². The lowest BCUT2D eigenvalue weighted by atomic mass is 10.1. The number of carbonyl (C=O) groups excluding carboxylic acids is 1. The minimum absolute atomic E-state index is 0.0977. The average Bonchev–Trinajstić information content (AvgIpc) is 2.91. The first-order chi connectivity index (χ1) is 18.5. The van der Waals surface area contributed by atoms with Crippen molar-refractivity contribution in [1.82, 2.24) is 14.8 Å². The molecule has 1 amide bonds. The second-order valence-corrected chi connectivity index (χ2v) is 10.3. The molecule has 1 aliphatic rings. The summed E-state index contributed by atoms with van der Waals surface area (Å²) in [4.78, 5) is 20.4. The number of halogens is 3. The van der Waals surface area contributed by atoms with Crippen molar-refractivity contribution in [3.8, 4) is 5.75 Å². The van der Waals surface area contributed by atoms with Crippen LogP contribution in [-0.2, 0) is 10.0 Å². The van der Waals surface area contributed by atoms with Crippen LogP contribution in [0.2, 0.25) is 0 Å². The zero-order valence-electron chi connectivity index (χ0n) is 20.5. The number of rotatable bonds is 8. The van der Waals surface area contributed by atoms with Gasteiger partial charge in [-0.15, -0.1) is 13.2 Å². The highest BCUT2D eigenvalue weighted by Gasteiger charge is 2.34. The van der Waals surface area contributed by atoms with E-state index >= 15 is 0 Å². The fraction of sp³-hybridized carbons (Fsp3) is 0.240. The van der Waals surface area contributed by atoms with Gasteiger partial charge in [-0.1, -0.05) is 18.2 Å². The Kier molecular flexibility index (Phi) is 8.06. The number of pyridine rings is 1. The van der Waals surface area contributed by atoms with Crippen LogP contribution in [0.25, 0.3) is 10.9 Å². The molecule has 3 aromatic rings. The van der Waals surface area contributed by atoms with Crippen molar-refractivity contribution < 1.29 is 31.1 Å². The summed E-state index contributed by atoms with van der Waals surface area (Å²) in [5.74, 6) is -1.40. The van der Waals surface area contributed by atoms with E-state index < -0.39 is 33.7 Å². The van der Waals surface area contributed by atoms with Crippen LogP contribution in [0.1, 0.15) is 10.4 Å². The van der Waals surface area contributed by atoms with Gasteiger partial charge < -0.3 is 20.8 Å². The van der Waals surface area contributed by atoms with Gasteiger partial charge in [-0.3, -0.25) is 19.4 Å². The molecule has 0 unspecified atom stereocenters. The maximum atomic E-state index is 13.2. The molecule has 14 heteroatoms. The molecule has 0 aliphatic carbocycles. The van der Waals surface area contributed by atoms with Gasteiger partial charge in [0.2, 0.25) is 0 Å². The van der Waals surface area contributed by atoms with Crippen LogP contribution in [0, 0.1) is 5.41 Å². The number of fused-ring (bicyclic) bond motifs is 1. The summed E-state index contributed by atoms with van der Waals surface area (Å²) in [6.07, 6.45) is -1.26. The summed E-state index contributed by atoms with van der Waals surface area (Å²) in [6, 6.07) is 10.9. The van der Waals surface area contributed by atoms with Crippen LogP contribution in [-0.4, -0.2) is 74.4 Å². The van der Waals surface area contributed by atoms with Crippen molar-refractivity contribution in [3.05, 3.63) is 72.1 Å². The Labute approximate surface area is 222 Å². The van der Waals surface area contributed by atoms with Gasteiger partial charge >= 0.3 is 6.36 Å². The lowest BCUT2D eigenvalue weighted by Crippen LogP contribution is -2.49. The number of para-hydroxylation sites is 1. The summed E-state index contributed by atoms with van der Waals surface area (Å²) in [5.41, 5.74) is 5.64. The number of benzene rings is 2. The molecule has 4 N–H and O–H groups in total. The van der Waals surface area contributed by atoms with Gasteiger partial charge in [0.1, 0.15) is 4.90 Å². The standard InChI is InChI=1S/C25H25F3N6O4S/c26-25(27,28)38-21-13-19(24(35)34-11-9-33(10-12-34)16-17(14-29)15-30)6-7-20(21)32-39(36,37)22-5-1-3-18-4-2-8-31-23(18)22/h1-8,13-15,29,32H,9-12,16,30H2. The molecular formula is C25H25F3N6O4S. The Bertz CT molecular complexity index is 1510. The number of hydrogen-bond donors (Lipinski definition) is 3. The zero-order chi connectivity index (χ0) is 28.2. The molecule has 1 aliphatic heterocycles. The van der Waals surface area contributed by atoms with E-state index in [9.17, 15) is 26.4 Å². The number of alkyl halides is 3. The number of nitrogens with two attached hydrogens (primary N) is 1. The van der Waals surface area contributed by atoms with Gasteiger partial charge in [0.05, 0.1) is 11.2 Å². The van der Waals surface area contributed by atoms with Crippen molar-refractivity contribution in [2.75, 3.05) is 37.4 Å². The highest BCUT2D eigenvalue weighted by atomic mass is 32.2. The first kappa shape index (κ1) is 27.9. The van der Waals surface area contributed by atoms with Gasteiger partial charge in [0.15, 0.2) is 5.75 Å². The number of ether oxygens (including phenoxy) is 1. The first-order valence-electron chi connectivity index (χ1n) is 11.7. The summed E-state index contributed by atoms with van der Waals surface area (Å²) in [5, 5.41) is 7.86. The molecule has 0 saturated carbocycles. The third-order valence-corrected chi connectivity index (χ3v) is 7.45. The monoisotopic (exact) mass is 562 g/mol. The van der Waals surface area contributed by atoms with E-state index in [1.165, 1.54) is 35.5 Å². The summed E-state index contributed by atoms with van der Waals surface area (Å²) >= 11 is 0. The Balaban J connectivity index is 1.58. The largest absolute Gasteiger partial charge is 0.573 e. The number of aromatic nitrogens is 1. The van der Waals surface area contributed by atoms with E-state index in [0.29, 0.717) is 43.7 Å². The Hall–Kier alpha value is -4.17. The molecule has 2 aromatic carbocycles. The highest BCUT2D eigenvalue weighted by molar-refractivity contribution is 7.93. The van der Waals surface area contributed by atoms with Crippen molar-refractivity contribution in [2.24, 2.45) is 5.73 Å². The second-order valence-electron chi connectivity index (χ2n) is 8.65. The van der Waals surface area contributed by atoms with Crippen LogP contribution in [0.5, 0.6) is 5.75 Å². The molecule has 1 fully saturated rings. The molecular weight excluding hydrogens is 537 g/mol. The van der Waals surface area contributed by atoms with E-state index in [1.54, 1.807) is 18.2 Å². The summed E-state index contributed by atoms with van der Waals surface area (Å²) in [7, 11) is -4.38. The predicted molar refractivity (Wildman–Crippen MR) is 139 cm³/mol. The third kappa shape index (κ3) is 6.64. The quantitative estimate of drug-likeness (QED) is 0.358. The number of sulfonamides is 1. The van der Waals surface area contributed by atoms with Crippen LogP contribution in [0.15, 0.2) is 71.4 Å². The highest BCUT2D eigenvalue weighted by Crippen LogP contribution is 2.34. The van der Waals surface area contributed by atoms with Gasteiger partial charge in [0.25, 0.3) is 15.9 Å². The third-order valence-electron chi connectivity index (χ3n) is 6.05. The molecule has 1 saturated heterocycles.